The lowest BCUT2D eigenvalue weighted by atomic mass is 9.87. The Labute approximate surface area is 150 Å². The van der Waals surface area contributed by atoms with Crippen molar-refractivity contribution in [1.29, 1.82) is 0 Å². The second-order valence-electron chi connectivity index (χ2n) is 5.53. The number of carbonyl (C=O) groups is 3. The summed E-state index contributed by atoms with van der Waals surface area (Å²) < 4.78 is 9.93. The van der Waals surface area contributed by atoms with E-state index < -0.39 is 34.7 Å². The zero-order chi connectivity index (χ0) is 19.9. The van der Waals surface area contributed by atoms with Crippen molar-refractivity contribution in [1.82, 2.24) is 5.32 Å². The molecule has 0 unspecified atom stereocenters. The summed E-state index contributed by atoms with van der Waals surface area (Å²) >= 11 is 0. The van der Waals surface area contributed by atoms with Crippen molar-refractivity contribution in [2.45, 2.75) is 39.7 Å². The zero-order valence-corrected chi connectivity index (χ0v) is 15.2. The molecule has 0 aromatic heterocycles. The molecule has 0 aliphatic rings. The summed E-state index contributed by atoms with van der Waals surface area (Å²) in [6, 6.07) is 4.36. The summed E-state index contributed by atoms with van der Waals surface area (Å²) in [5.74, 6) is -2.75. The summed E-state index contributed by atoms with van der Waals surface area (Å²) in [7, 11) is 0. The van der Waals surface area contributed by atoms with Gasteiger partial charge in [0.2, 0.25) is 11.4 Å². The van der Waals surface area contributed by atoms with E-state index in [1.54, 1.807) is 13.0 Å². The number of nitro groups is 1. The molecule has 9 nitrogen and oxygen atoms in total. The molecule has 1 amide bonds. The molecule has 0 saturated heterocycles. The molecule has 1 N–H and O–H groups in total. The van der Waals surface area contributed by atoms with Gasteiger partial charge in [0.25, 0.3) is 5.69 Å². The predicted molar refractivity (Wildman–Crippen MR) is 91.4 cm³/mol. The van der Waals surface area contributed by atoms with Crippen LogP contribution in [0.15, 0.2) is 18.2 Å². The van der Waals surface area contributed by atoms with E-state index in [4.69, 9.17) is 9.47 Å². The Morgan fingerprint density at radius 3 is 2.12 bits per heavy atom. The Morgan fingerprint density at radius 1 is 1.15 bits per heavy atom. The van der Waals surface area contributed by atoms with Crippen LogP contribution in [0, 0.1) is 17.0 Å². The Kier molecular flexibility index (Phi) is 7.24. The van der Waals surface area contributed by atoms with Crippen LogP contribution >= 0.6 is 0 Å². The number of hydrogen-bond donors (Lipinski definition) is 1. The minimum absolute atomic E-state index is 0.0462. The second-order valence-corrected chi connectivity index (χ2v) is 5.53. The smallest absolute Gasteiger partial charge is 0.344 e. The molecule has 0 atom stereocenters. The van der Waals surface area contributed by atoms with Gasteiger partial charge in [-0.3, -0.25) is 14.9 Å². The first-order valence-corrected chi connectivity index (χ1v) is 8.05. The first-order chi connectivity index (χ1) is 12.2. The molecular weight excluding hydrogens is 344 g/mol. The van der Waals surface area contributed by atoms with E-state index >= 15 is 0 Å². The van der Waals surface area contributed by atoms with Gasteiger partial charge in [-0.1, -0.05) is 12.1 Å². The summed E-state index contributed by atoms with van der Waals surface area (Å²) in [6.07, 6.45) is -0.465. The van der Waals surface area contributed by atoms with Gasteiger partial charge in [-0.2, -0.15) is 0 Å². The molecule has 0 radical (unpaired) electrons. The van der Waals surface area contributed by atoms with Crippen LogP contribution in [0.4, 0.5) is 5.69 Å². The third-order valence-corrected chi connectivity index (χ3v) is 3.66. The van der Waals surface area contributed by atoms with E-state index in [9.17, 15) is 24.5 Å². The molecule has 0 fully saturated rings. The van der Waals surface area contributed by atoms with Crippen LogP contribution in [0.2, 0.25) is 0 Å². The normalized spacial score (nSPS) is 10.8. The van der Waals surface area contributed by atoms with Gasteiger partial charge in [-0.05, 0) is 26.3 Å². The number of amides is 1. The first-order valence-electron chi connectivity index (χ1n) is 8.05. The average molecular weight is 366 g/mol. The van der Waals surface area contributed by atoms with Gasteiger partial charge in [0.05, 0.1) is 18.1 Å². The standard InChI is InChI=1S/C17H22N2O7/c1-5-25-15(21)17(18-12(4)20,16(22)26-6-2)10-13-11(3)8-7-9-14(13)19(23)24/h7-9H,5-6,10H2,1-4H3,(H,18,20). The fourth-order valence-corrected chi connectivity index (χ4v) is 2.54. The van der Waals surface area contributed by atoms with E-state index in [1.165, 1.54) is 26.0 Å². The van der Waals surface area contributed by atoms with E-state index in [-0.39, 0.29) is 24.5 Å². The van der Waals surface area contributed by atoms with E-state index in [1.807, 2.05) is 0 Å². The average Bonchev–Trinajstić information content (AvgIpc) is 2.55. The summed E-state index contributed by atoms with van der Waals surface area (Å²) in [5, 5.41) is 13.7. The van der Waals surface area contributed by atoms with Gasteiger partial charge in [-0.25, -0.2) is 9.59 Å². The molecule has 0 spiro atoms. The van der Waals surface area contributed by atoms with Gasteiger partial charge < -0.3 is 14.8 Å². The molecule has 9 heteroatoms. The van der Waals surface area contributed by atoms with E-state index in [0.29, 0.717) is 5.56 Å². The first kappa shape index (κ1) is 21.1. The minimum atomic E-state index is -2.21. The van der Waals surface area contributed by atoms with E-state index in [0.717, 1.165) is 6.92 Å². The number of nitrogens with one attached hydrogen (secondary N) is 1. The van der Waals surface area contributed by atoms with Crippen LogP contribution in [0.1, 0.15) is 31.9 Å². The number of nitro benzene ring substituents is 1. The Bertz CT molecular complexity index is 697. The van der Waals surface area contributed by atoms with Crippen molar-refractivity contribution in [2.24, 2.45) is 0 Å². The maximum Gasteiger partial charge on any atom is 0.344 e. The van der Waals surface area contributed by atoms with Gasteiger partial charge in [-0.15, -0.1) is 0 Å². The number of ether oxygens (including phenoxy) is 2. The van der Waals surface area contributed by atoms with Crippen LogP contribution in [-0.4, -0.2) is 41.5 Å². The zero-order valence-electron chi connectivity index (χ0n) is 15.2. The summed E-state index contributed by atoms with van der Waals surface area (Å²) in [6.45, 7) is 5.72. The van der Waals surface area contributed by atoms with Crippen LogP contribution < -0.4 is 5.32 Å². The fraction of sp³-hybridized carbons (Fsp3) is 0.471. The molecule has 0 aliphatic carbocycles. The third-order valence-electron chi connectivity index (χ3n) is 3.66. The van der Waals surface area contributed by atoms with Crippen molar-refractivity contribution >= 4 is 23.5 Å². The highest BCUT2D eigenvalue weighted by Gasteiger charge is 2.51. The Hall–Kier alpha value is -2.97. The number of nitrogens with zero attached hydrogens (tertiary/aromatic N) is 1. The highest BCUT2D eigenvalue weighted by Crippen LogP contribution is 2.28. The lowest BCUT2D eigenvalue weighted by molar-refractivity contribution is -0.385. The van der Waals surface area contributed by atoms with Gasteiger partial charge in [0, 0.05) is 25.0 Å². The number of carbonyl (C=O) groups excluding carboxylic acids is 3. The number of aryl methyl sites for hydroxylation is 1. The van der Waals surface area contributed by atoms with Gasteiger partial charge in [0.15, 0.2) is 0 Å². The minimum Gasteiger partial charge on any atom is -0.464 e. The molecule has 1 aromatic carbocycles. The van der Waals surface area contributed by atoms with E-state index in [2.05, 4.69) is 5.32 Å². The van der Waals surface area contributed by atoms with Crippen molar-refractivity contribution in [3.05, 3.63) is 39.4 Å². The number of hydrogen-bond acceptors (Lipinski definition) is 7. The molecule has 0 aliphatic heterocycles. The maximum absolute atomic E-state index is 12.6. The quantitative estimate of drug-likeness (QED) is 0.319. The SMILES string of the molecule is CCOC(=O)C(Cc1c(C)cccc1[N+](=O)[O-])(NC(C)=O)C(=O)OCC. The number of benzene rings is 1. The number of rotatable bonds is 8. The van der Waals surface area contributed by atoms with Crippen molar-refractivity contribution < 1.29 is 28.8 Å². The topological polar surface area (TPSA) is 125 Å². The predicted octanol–water partition coefficient (Wildman–Crippen LogP) is 1.45. The maximum atomic E-state index is 12.6. The third kappa shape index (κ3) is 4.56. The largest absolute Gasteiger partial charge is 0.464 e. The molecule has 0 saturated carbocycles. The van der Waals surface area contributed by atoms with Crippen molar-refractivity contribution in [3.8, 4) is 0 Å². The molecule has 0 bridgehead atoms. The van der Waals surface area contributed by atoms with Crippen LogP contribution in [0.25, 0.3) is 0 Å². The highest BCUT2D eigenvalue weighted by molar-refractivity contribution is 6.08. The van der Waals surface area contributed by atoms with Crippen LogP contribution in [0.5, 0.6) is 0 Å². The molecule has 142 valence electrons. The van der Waals surface area contributed by atoms with Crippen LogP contribution in [-0.2, 0) is 30.3 Å². The molecule has 1 rings (SSSR count). The van der Waals surface area contributed by atoms with Gasteiger partial charge >= 0.3 is 11.9 Å². The monoisotopic (exact) mass is 366 g/mol. The Morgan fingerprint density at radius 2 is 1.69 bits per heavy atom. The van der Waals surface area contributed by atoms with Crippen LogP contribution in [0.3, 0.4) is 0 Å². The van der Waals surface area contributed by atoms with Crippen molar-refractivity contribution in [2.75, 3.05) is 13.2 Å². The number of esters is 2. The molecule has 26 heavy (non-hydrogen) atoms. The van der Waals surface area contributed by atoms with Gasteiger partial charge in [0.1, 0.15) is 0 Å². The lowest BCUT2D eigenvalue weighted by Crippen LogP contribution is -2.62. The molecular formula is C17H22N2O7. The fourth-order valence-electron chi connectivity index (χ4n) is 2.54. The summed E-state index contributed by atoms with van der Waals surface area (Å²) in [4.78, 5) is 47.7. The Balaban J connectivity index is 3.59. The van der Waals surface area contributed by atoms with Crippen molar-refractivity contribution in [3.63, 3.8) is 0 Å². The summed E-state index contributed by atoms with van der Waals surface area (Å²) in [5.41, 5.74) is -1.86. The lowest BCUT2D eigenvalue weighted by Gasteiger charge is -2.30. The highest BCUT2D eigenvalue weighted by atomic mass is 16.6. The molecule has 0 heterocycles. The molecule has 1 aromatic rings. The second kappa shape index (κ2) is 8.93.